The summed E-state index contributed by atoms with van der Waals surface area (Å²) in [5.74, 6) is 2.28. The molecule has 2 fully saturated rings. The Morgan fingerprint density at radius 3 is 2.65 bits per heavy atom. The van der Waals surface area contributed by atoms with Gasteiger partial charge in [-0.1, -0.05) is 12.1 Å². The largest absolute Gasteiger partial charge is 0.345 e. The molecule has 0 radical (unpaired) electrons. The number of hydrogen-bond donors (Lipinski definition) is 0. The lowest BCUT2D eigenvalue weighted by Crippen LogP contribution is -2.31. The van der Waals surface area contributed by atoms with Crippen molar-refractivity contribution in [3.8, 4) is 0 Å². The molecule has 1 unspecified atom stereocenters. The van der Waals surface area contributed by atoms with Crippen molar-refractivity contribution in [3.05, 3.63) is 58.3 Å². The van der Waals surface area contributed by atoms with Gasteiger partial charge >= 0.3 is 0 Å². The number of anilines is 1. The maximum Gasteiger partial charge on any atom is 0.261 e. The van der Waals surface area contributed by atoms with Crippen molar-refractivity contribution in [3.63, 3.8) is 0 Å². The summed E-state index contributed by atoms with van der Waals surface area (Å²) in [5, 5.41) is 9.56. The minimum absolute atomic E-state index is 0.00705. The number of fused-ring (bicyclic) bond motifs is 1. The molecule has 132 valence electrons. The average Bonchev–Trinajstić information content (AvgIpc) is 3.42. The summed E-state index contributed by atoms with van der Waals surface area (Å²) in [6, 6.07) is 11.8. The normalized spacial score (nSPS) is 20.0. The van der Waals surface area contributed by atoms with Crippen molar-refractivity contribution >= 4 is 16.7 Å². The fourth-order valence-electron chi connectivity index (χ4n) is 3.93. The van der Waals surface area contributed by atoms with Gasteiger partial charge in [-0.2, -0.15) is 5.10 Å². The van der Waals surface area contributed by atoms with E-state index < -0.39 is 0 Å². The van der Waals surface area contributed by atoms with Crippen molar-refractivity contribution in [2.75, 3.05) is 11.4 Å². The van der Waals surface area contributed by atoms with Gasteiger partial charge in [-0.3, -0.25) is 9.36 Å². The molecule has 0 bridgehead atoms. The number of nitrogens with zero attached hydrogens (tertiary/aromatic N) is 5. The highest BCUT2D eigenvalue weighted by Crippen LogP contribution is 2.39. The van der Waals surface area contributed by atoms with Crippen LogP contribution in [0.5, 0.6) is 0 Å². The van der Waals surface area contributed by atoms with Crippen LogP contribution < -0.4 is 10.5 Å². The first-order valence-electron chi connectivity index (χ1n) is 9.28. The second-order valence-electron chi connectivity index (χ2n) is 7.29. The van der Waals surface area contributed by atoms with E-state index >= 15 is 0 Å². The van der Waals surface area contributed by atoms with E-state index in [1.54, 1.807) is 4.57 Å². The molecule has 1 saturated heterocycles. The molecule has 1 saturated carbocycles. The molecule has 1 aromatic carbocycles. The summed E-state index contributed by atoms with van der Waals surface area (Å²) in [4.78, 5) is 19.8. The molecule has 6 heteroatoms. The predicted molar refractivity (Wildman–Crippen MR) is 100 cm³/mol. The smallest absolute Gasteiger partial charge is 0.261 e. The van der Waals surface area contributed by atoms with E-state index in [-0.39, 0.29) is 11.6 Å². The lowest BCUT2D eigenvalue weighted by Gasteiger charge is -2.26. The summed E-state index contributed by atoms with van der Waals surface area (Å²) in [6.07, 6.45) is 4.47. The Morgan fingerprint density at radius 2 is 1.88 bits per heavy atom. The maximum atomic E-state index is 12.8. The van der Waals surface area contributed by atoms with Gasteiger partial charge in [0.25, 0.3) is 5.56 Å². The van der Waals surface area contributed by atoms with Crippen LogP contribution in [0.2, 0.25) is 0 Å². The van der Waals surface area contributed by atoms with E-state index in [2.05, 4.69) is 27.2 Å². The average molecular weight is 347 g/mol. The minimum Gasteiger partial charge on any atom is -0.345 e. The molecule has 2 aliphatic rings. The van der Waals surface area contributed by atoms with Gasteiger partial charge in [0.2, 0.25) is 0 Å². The second-order valence-corrected chi connectivity index (χ2v) is 7.29. The summed E-state index contributed by atoms with van der Waals surface area (Å²) in [6.45, 7) is 0.908. The molecule has 6 nitrogen and oxygen atoms in total. The van der Waals surface area contributed by atoms with Crippen LogP contribution in [0, 0.1) is 0 Å². The molecule has 0 amide bonds. The minimum atomic E-state index is 0.00705. The van der Waals surface area contributed by atoms with Crippen LogP contribution in [0.4, 0.5) is 5.82 Å². The third kappa shape index (κ3) is 2.48. The van der Waals surface area contributed by atoms with Gasteiger partial charge in [0, 0.05) is 19.5 Å². The Hall–Kier alpha value is -2.76. The topological polar surface area (TPSA) is 63.9 Å². The Balaban J connectivity index is 1.55. The van der Waals surface area contributed by atoms with Crippen LogP contribution >= 0.6 is 0 Å². The highest BCUT2D eigenvalue weighted by Gasteiger charge is 2.31. The SMILES string of the molecule is Cn1c(C2CCCN2c2ccc(C3CC3)nn2)nc2ccccc2c1=O. The first-order valence-corrected chi connectivity index (χ1v) is 9.28. The molecule has 26 heavy (non-hydrogen) atoms. The van der Waals surface area contributed by atoms with Gasteiger partial charge in [0.15, 0.2) is 5.82 Å². The number of hydrogen-bond acceptors (Lipinski definition) is 5. The fraction of sp³-hybridized carbons (Fsp3) is 0.400. The van der Waals surface area contributed by atoms with Crippen LogP contribution in [-0.4, -0.2) is 26.3 Å². The van der Waals surface area contributed by atoms with E-state index in [9.17, 15) is 4.79 Å². The maximum absolute atomic E-state index is 12.8. The number of para-hydroxylation sites is 1. The summed E-state index contributed by atoms with van der Waals surface area (Å²) in [5.41, 5.74) is 1.86. The third-order valence-corrected chi connectivity index (χ3v) is 5.53. The first kappa shape index (κ1) is 15.5. The van der Waals surface area contributed by atoms with Crippen LogP contribution in [0.3, 0.4) is 0 Å². The second kappa shape index (κ2) is 5.90. The number of rotatable bonds is 3. The van der Waals surface area contributed by atoms with Crippen molar-refractivity contribution in [2.24, 2.45) is 7.05 Å². The lowest BCUT2D eigenvalue weighted by molar-refractivity contribution is 0.604. The van der Waals surface area contributed by atoms with Gasteiger partial charge in [0.1, 0.15) is 5.82 Å². The molecule has 1 aliphatic heterocycles. The molecule has 5 rings (SSSR count). The van der Waals surface area contributed by atoms with Crippen LogP contribution in [0.15, 0.2) is 41.2 Å². The van der Waals surface area contributed by atoms with E-state index in [4.69, 9.17) is 4.98 Å². The van der Waals surface area contributed by atoms with E-state index in [1.165, 1.54) is 12.8 Å². The Kier molecular flexibility index (Phi) is 3.51. The van der Waals surface area contributed by atoms with Gasteiger partial charge < -0.3 is 4.90 Å². The summed E-state index contributed by atoms with van der Waals surface area (Å²) in [7, 11) is 1.81. The molecule has 1 aliphatic carbocycles. The highest BCUT2D eigenvalue weighted by atomic mass is 16.1. The van der Waals surface area contributed by atoms with Crippen molar-refractivity contribution in [2.45, 2.75) is 37.6 Å². The highest BCUT2D eigenvalue weighted by molar-refractivity contribution is 5.77. The van der Waals surface area contributed by atoms with E-state index in [0.29, 0.717) is 11.3 Å². The molecular weight excluding hydrogens is 326 g/mol. The van der Waals surface area contributed by atoms with Crippen LogP contribution in [0.25, 0.3) is 10.9 Å². The molecule has 3 heterocycles. The molecule has 2 aromatic heterocycles. The van der Waals surface area contributed by atoms with Crippen molar-refractivity contribution in [1.82, 2.24) is 19.7 Å². The molecular formula is C20H21N5O. The Morgan fingerprint density at radius 1 is 1.04 bits per heavy atom. The summed E-state index contributed by atoms with van der Waals surface area (Å²) < 4.78 is 1.69. The number of benzene rings is 1. The fourth-order valence-corrected chi connectivity index (χ4v) is 3.93. The Bertz CT molecular complexity index is 1020. The zero-order chi connectivity index (χ0) is 17.7. The van der Waals surface area contributed by atoms with Gasteiger partial charge in [-0.15, -0.1) is 5.10 Å². The third-order valence-electron chi connectivity index (χ3n) is 5.53. The first-order chi connectivity index (χ1) is 12.7. The van der Waals surface area contributed by atoms with Gasteiger partial charge in [-0.05, 0) is 49.9 Å². The van der Waals surface area contributed by atoms with Crippen molar-refractivity contribution < 1.29 is 0 Å². The van der Waals surface area contributed by atoms with E-state index in [0.717, 1.165) is 42.2 Å². The van der Waals surface area contributed by atoms with E-state index in [1.807, 2.05) is 31.3 Å². The zero-order valence-corrected chi connectivity index (χ0v) is 14.8. The summed E-state index contributed by atoms with van der Waals surface area (Å²) >= 11 is 0. The predicted octanol–water partition coefficient (Wildman–Crippen LogP) is 2.94. The van der Waals surface area contributed by atoms with Crippen LogP contribution in [0.1, 0.15) is 49.2 Å². The standard InChI is InChI=1S/C20H21N5O/c1-24-19(21-16-6-3-2-5-14(16)20(24)26)17-7-4-12-25(17)18-11-10-15(22-23-18)13-8-9-13/h2-3,5-6,10-11,13,17H,4,7-9,12H2,1H3. The Labute approximate surface area is 151 Å². The number of aromatic nitrogens is 4. The monoisotopic (exact) mass is 347 g/mol. The van der Waals surface area contributed by atoms with Gasteiger partial charge in [0.05, 0.1) is 22.6 Å². The molecule has 3 aromatic rings. The quantitative estimate of drug-likeness (QED) is 0.729. The van der Waals surface area contributed by atoms with Gasteiger partial charge in [-0.25, -0.2) is 4.98 Å². The van der Waals surface area contributed by atoms with Crippen molar-refractivity contribution in [1.29, 1.82) is 0 Å². The van der Waals surface area contributed by atoms with Crippen LogP contribution in [-0.2, 0) is 7.05 Å². The lowest BCUT2D eigenvalue weighted by atomic mass is 10.1. The molecule has 0 spiro atoms. The zero-order valence-electron chi connectivity index (χ0n) is 14.8. The molecule has 0 N–H and O–H groups in total. The molecule has 1 atom stereocenters.